The molecular weight excluding hydrogens is 375 g/mol. The van der Waals surface area contributed by atoms with Crippen molar-refractivity contribution in [3.8, 4) is 5.69 Å². The molecule has 0 aliphatic heterocycles. The first-order valence-electron chi connectivity index (χ1n) is 7.65. The van der Waals surface area contributed by atoms with Crippen LogP contribution in [0.4, 0.5) is 5.69 Å². The zero-order valence-corrected chi connectivity index (χ0v) is 15.0. The van der Waals surface area contributed by atoms with Crippen molar-refractivity contribution in [2.24, 2.45) is 0 Å². The lowest BCUT2D eigenvalue weighted by atomic mass is 10.1. The van der Waals surface area contributed by atoms with Crippen LogP contribution in [-0.2, 0) is 0 Å². The number of amides is 1. The van der Waals surface area contributed by atoms with E-state index < -0.39 is 0 Å². The first-order chi connectivity index (χ1) is 12.5. The second-order valence-corrected chi connectivity index (χ2v) is 6.53. The summed E-state index contributed by atoms with van der Waals surface area (Å²) in [5.41, 5.74) is 3.40. The van der Waals surface area contributed by atoms with Gasteiger partial charge in [-0.25, -0.2) is 4.68 Å². The topological polar surface area (TPSA) is 88.5 Å². The number of benzene rings is 2. The van der Waals surface area contributed by atoms with Crippen LogP contribution in [0.5, 0.6) is 0 Å². The minimum Gasteiger partial charge on any atom is -0.349 e. The Kier molecular flexibility index (Phi) is 4.10. The highest BCUT2D eigenvalue weighted by molar-refractivity contribution is 6.40. The maximum atomic E-state index is 12.6. The Balaban J connectivity index is 1.62. The lowest BCUT2D eigenvalue weighted by Gasteiger charge is -2.09. The van der Waals surface area contributed by atoms with Crippen LogP contribution in [0.2, 0.25) is 10.0 Å². The van der Waals surface area contributed by atoms with E-state index in [0.29, 0.717) is 21.1 Å². The lowest BCUT2D eigenvalue weighted by molar-refractivity contribution is 0.102. The van der Waals surface area contributed by atoms with E-state index in [1.54, 1.807) is 28.9 Å². The van der Waals surface area contributed by atoms with E-state index in [0.717, 1.165) is 16.8 Å². The largest absolute Gasteiger partial charge is 0.349 e. The number of nitrogens with zero attached hydrogens (tertiary/aromatic N) is 4. The molecule has 0 fully saturated rings. The van der Waals surface area contributed by atoms with E-state index in [2.05, 4.69) is 25.8 Å². The van der Waals surface area contributed by atoms with Crippen molar-refractivity contribution < 1.29 is 4.79 Å². The van der Waals surface area contributed by atoms with Gasteiger partial charge in [0.15, 0.2) is 0 Å². The molecule has 4 aromatic rings. The average Bonchev–Trinajstić information content (AvgIpc) is 3.24. The Morgan fingerprint density at radius 3 is 2.77 bits per heavy atom. The molecule has 0 saturated carbocycles. The summed E-state index contributed by atoms with van der Waals surface area (Å²) in [5, 5.41) is 15.5. The molecule has 9 heteroatoms. The van der Waals surface area contributed by atoms with Crippen molar-refractivity contribution in [2.45, 2.75) is 6.92 Å². The van der Waals surface area contributed by atoms with Crippen molar-refractivity contribution in [1.29, 1.82) is 0 Å². The van der Waals surface area contributed by atoms with Gasteiger partial charge < -0.3 is 10.3 Å². The van der Waals surface area contributed by atoms with Gasteiger partial charge in [-0.15, -0.1) is 5.10 Å². The predicted molar refractivity (Wildman–Crippen MR) is 100 cm³/mol. The Bertz CT molecular complexity index is 1120. The van der Waals surface area contributed by atoms with Crippen LogP contribution in [0, 0.1) is 6.92 Å². The molecule has 7 nitrogen and oxygen atoms in total. The smallest absolute Gasteiger partial charge is 0.273 e. The van der Waals surface area contributed by atoms with Gasteiger partial charge in [-0.2, -0.15) is 0 Å². The summed E-state index contributed by atoms with van der Waals surface area (Å²) in [6.07, 6.45) is 1.51. The number of carbonyl (C=O) groups excluding carboxylic acids is 1. The quantitative estimate of drug-likeness (QED) is 0.556. The summed E-state index contributed by atoms with van der Waals surface area (Å²) in [6.45, 7) is 1.91. The van der Waals surface area contributed by atoms with Crippen LogP contribution in [0.15, 0.2) is 42.7 Å². The lowest BCUT2D eigenvalue weighted by Crippen LogP contribution is -2.13. The molecule has 0 saturated heterocycles. The maximum absolute atomic E-state index is 12.6. The molecule has 26 heavy (non-hydrogen) atoms. The van der Waals surface area contributed by atoms with E-state index in [9.17, 15) is 4.79 Å². The van der Waals surface area contributed by atoms with Crippen molar-refractivity contribution in [3.63, 3.8) is 0 Å². The number of nitrogens with one attached hydrogen (secondary N) is 2. The van der Waals surface area contributed by atoms with Crippen LogP contribution >= 0.6 is 23.2 Å². The normalized spacial score (nSPS) is 11.0. The summed E-state index contributed by atoms with van der Waals surface area (Å²) in [7, 11) is 0. The minimum atomic E-state index is -0.336. The summed E-state index contributed by atoms with van der Waals surface area (Å²) in [6, 6.07) is 10.7. The third kappa shape index (κ3) is 2.91. The average molecular weight is 387 g/mol. The SMILES string of the molecule is Cc1cc(NC(=O)c2[nH]c3ccc(Cl)cc3c2Cl)ccc1-n1cnnn1. The second-order valence-electron chi connectivity index (χ2n) is 5.71. The second kappa shape index (κ2) is 6.44. The standard InChI is InChI=1S/C17H12Cl2N6O/c1-9-6-11(3-5-14(9)25-8-20-23-24-25)21-17(26)16-15(19)12-7-10(18)2-4-13(12)22-16/h2-8,22H,1H3,(H,21,26). The van der Waals surface area contributed by atoms with Crippen molar-refractivity contribution in [3.05, 3.63) is 64.0 Å². The fourth-order valence-electron chi connectivity index (χ4n) is 2.74. The van der Waals surface area contributed by atoms with Crippen LogP contribution in [0.25, 0.3) is 16.6 Å². The van der Waals surface area contributed by atoms with Crippen molar-refractivity contribution in [1.82, 2.24) is 25.2 Å². The summed E-state index contributed by atoms with van der Waals surface area (Å²) in [4.78, 5) is 15.6. The van der Waals surface area contributed by atoms with Crippen LogP contribution in [0.1, 0.15) is 16.1 Å². The number of halogens is 2. The molecule has 130 valence electrons. The molecule has 4 rings (SSSR count). The Morgan fingerprint density at radius 2 is 2.04 bits per heavy atom. The van der Waals surface area contributed by atoms with Gasteiger partial charge in [-0.3, -0.25) is 4.79 Å². The highest BCUT2D eigenvalue weighted by atomic mass is 35.5. The number of anilines is 1. The van der Waals surface area contributed by atoms with Gasteiger partial charge in [0.05, 0.1) is 10.7 Å². The number of fused-ring (bicyclic) bond motifs is 1. The molecule has 0 radical (unpaired) electrons. The van der Waals surface area contributed by atoms with Crippen LogP contribution in [-0.4, -0.2) is 31.1 Å². The number of H-pyrrole nitrogens is 1. The maximum Gasteiger partial charge on any atom is 0.273 e. The fraction of sp³-hybridized carbons (Fsp3) is 0.0588. The molecule has 1 amide bonds. The van der Waals surface area contributed by atoms with Crippen molar-refractivity contribution in [2.75, 3.05) is 5.32 Å². The number of carbonyl (C=O) groups is 1. The van der Waals surface area contributed by atoms with E-state index in [1.807, 2.05) is 19.1 Å². The first kappa shape index (κ1) is 16.6. The molecule has 0 aliphatic carbocycles. The highest BCUT2D eigenvalue weighted by Crippen LogP contribution is 2.30. The van der Waals surface area contributed by atoms with Crippen LogP contribution in [0.3, 0.4) is 0 Å². The molecule has 0 aliphatic rings. The summed E-state index contributed by atoms with van der Waals surface area (Å²) in [5.74, 6) is -0.336. The Hall–Kier alpha value is -2.90. The number of tetrazole rings is 1. The zero-order chi connectivity index (χ0) is 18.3. The van der Waals surface area contributed by atoms with Gasteiger partial charge in [0.1, 0.15) is 12.0 Å². The third-order valence-electron chi connectivity index (χ3n) is 3.97. The zero-order valence-electron chi connectivity index (χ0n) is 13.5. The number of hydrogen-bond acceptors (Lipinski definition) is 4. The van der Waals surface area contributed by atoms with E-state index >= 15 is 0 Å². The summed E-state index contributed by atoms with van der Waals surface area (Å²) < 4.78 is 1.55. The number of hydrogen-bond donors (Lipinski definition) is 2. The van der Waals surface area contributed by atoms with Gasteiger partial charge in [-0.1, -0.05) is 23.2 Å². The molecule has 0 atom stereocenters. The molecular formula is C17H12Cl2N6O. The molecule has 2 aromatic heterocycles. The minimum absolute atomic E-state index is 0.283. The molecule has 2 N–H and O–H groups in total. The Labute approximate surface area is 157 Å². The van der Waals surface area contributed by atoms with Gasteiger partial charge in [-0.05, 0) is 59.3 Å². The number of aromatic amines is 1. The molecule has 0 unspecified atom stereocenters. The number of aromatic nitrogens is 5. The monoisotopic (exact) mass is 386 g/mol. The molecule has 0 spiro atoms. The highest BCUT2D eigenvalue weighted by Gasteiger charge is 2.17. The van der Waals surface area contributed by atoms with E-state index in [4.69, 9.17) is 23.2 Å². The molecule has 2 aromatic carbocycles. The summed E-state index contributed by atoms with van der Waals surface area (Å²) >= 11 is 12.3. The number of rotatable bonds is 3. The van der Waals surface area contributed by atoms with Crippen LogP contribution < -0.4 is 5.32 Å². The van der Waals surface area contributed by atoms with Gasteiger partial charge in [0.2, 0.25) is 0 Å². The molecule has 2 heterocycles. The molecule has 0 bridgehead atoms. The first-order valence-corrected chi connectivity index (χ1v) is 8.40. The van der Waals surface area contributed by atoms with E-state index in [1.165, 1.54) is 6.33 Å². The van der Waals surface area contributed by atoms with Crippen molar-refractivity contribution >= 4 is 45.7 Å². The van der Waals surface area contributed by atoms with Gasteiger partial charge in [0.25, 0.3) is 5.91 Å². The third-order valence-corrected chi connectivity index (χ3v) is 4.60. The van der Waals surface area contributed by atoms with E-state index in [-0.39, 0.29) is 11.6 Å². The van der Waals surface area contributed by atoms with Gasteiger partial charge >= 0.3 is 0 Å². The fourth-order valence-corrected chi connectivity index (χ4v) is 3.20. The Morgan fingerprint density at radius 1 is 1.19 bits per heavy atom. The number of aryl methyl sites for hydroxylation is 1. The van der Waals surface area contributed by atoms with Gasteiger partial charge in [0, 0.05) is 21.6 Å². The predicted octanol–water partition coefficient (Wildman–Crippen LogP) is 4.01.